The molecule has 0 fully saturated rings. The number of aromatic nitrogens is 1. The Balaban J connectivity index is 1.33. The highest BCUT2D eigenvalue weighted by Crippen LogP contribution is 2.62. The third-order valence-electron chi connectivity index (χ3n) is 8.02. The number of pyridine rings is 1. The molecule has 0 bridgehead atoms. The summed E-state index contributed by atoms with van der Waals surface area (Å²) < 4.78 is 6.63. The maximum absolute atomic E-state index is 6.63. The molecule has 1 aromatic heterocycles. The largest absolute Gasteiger partial charge is 0.457 e. The van der Waals surface area contributed by atoms with E-state index in [0.29, 0.717) is 0 Å². The van der Waals surface area contributed by atoms with E-state index in [0.717, 1.165) is 33.9 Å². The summed E-state index contributed by atoms with van der Waals surface area (Å²) in [4.78, 5) is 4.76. The minimum absolute atomic E-state index is 0.425. The van der Waals surface area contributed by atoms with E-state index >= 15 is 0 Å². The van der Waals surface area contributed by atoms with Crippen LogP contribution < -0.4 is 4.74 Å². The second kappa shape index (κ2) is 8.03. The molecule has 2 aliphatic rings. The molecule has 2 heterocycles. The monoisotopic (exact) mass is 485 g/mol. The highest BCUT2D eigenvalue weighted by molar-refractivity contribution is 5.89. The van der Waals surface area contributed by atoms with Crippen LogP contribution in [0, 0.1) is 0 Å². The molecule has 178 valence electrons. The van der Waals surface area contributed by atoms with E-state index in [4.69, 9.17) is 9.72 Å². The number of nitrogens with zero attached hydrogens (tertiary/aromatic N) is 1. The van der Waals surface area contributed by atoms with Crippen LogP contribution in [0.15, 0.2) is 140 Å². The summed E-state index contributed by atoms with van der Waals surface area (Å²) in [6, 6.07) is 47.3. The molecule has 8 rings (SSSR count). The Hall–Kier alpha value is -4.95. The lowest BCUT2D eigenvalue weighted by molar-refractivity contribution is 0.436. The van der Waals surface area contributed by atoms with E-state index in [2.05, 4.69) is 115 Å². The van der Waals surface area contributed by atoms with Gasteiger partial charge in [-0.1, -0.05) is 115 Å². The van der Waals surface area contributed by atoms with Gasteiger partial charge in [0.15, 0.2) is 0 Å². The number of benzene rings is 5. The van der Waals surface area contributed by atoms with E-state index in [9.17, 15) is 0 Å². The van der Waals surface area contributed by atoms with Crippen molar-refractivity contribution in [2.45, 2.75) is 5.41 Å². The molecule has 0 amide bonds. The van der Waals surface area contributed by atoms with E-state index in [1.165, 1.54) is 33.4 Å². The van der Waals surface area contributed by atoms with Crippen molar-refractivity contribution in [3.63, 3.8) is 0 Å². The predicted molar refractivity (Wildman–Crippen MR) is 152 cm³/mol. The van der Waals surface area contributed by atoms with E-state index < -0.39 is 5.41 Å². The molecule has 0 N–H and O–H groups in total. The van der Waals surface area contributed by atoms with Gasteiger partial charge in [-0.25, -0.2) is 0 Å². The average molecular weight is 486 g/mol. The molecular formula is C36H23NO. The molecule has 1 aliphatic carbocycles. The molecule has 0 saturated heterocycles. The Bertz CT molecular complexity index is 1790. The standard InChI is InChI=1S/C36H23NO/c1-2-10-24(11-3-1)33-21-19-26(23-37-33)25-18-20-32-35(22-25)38-34-17-9-8-16-31(34)36(32)29-14-6-4-12-27(29)28-13-5-7-15-30(28)36/h1-23H. The zero-order valence-electron chi connectivity index (χ0n) is 20.6. The van der Waals surface area contributed by atoms with Crippen LogP contribution >= 0.6 is 0 Å². The fourth-order valence-electron chi connectivity index (χ4n) is 6.38. The van der Waals surface area contributed by atoms with Crippen LogP contribution in [-0.4, -0.2) is 4.98 Å². The molecule has 38 heavy (non-hydrogen) atoms. The summed E-state index contributed by atoms with van der Waals surface area (Å²) in [5.41, 5.74) is 11.4. The molecule has 0 saturated carbocycles. The van der Waals surface area contributed by atoms with Gasteiger partial charge >= 0.3 is 0 Å². The molecule has 0 unspecified atom stereocenters. The quantitative estimate of drug-likeness (QED) is 0.244. The molecular weight excluding hydrogens is 462 g/mol. The number of para-hydroxylation sites is 1. The first kappa shape index (κ1) is 21.2. The maximum Gasteiger partial charge on any atom is 0.132 e. The van der Waals surface area contributed by atoms with Crippen LogP contribution in [0.4, 0.5) is 0 Å². The number of fused-ring (bicyclic) bond motifs is 9. The lowest BCUT2D eigenvalue weighted by Gasteiger charge is -2.39. The Labute approximate surface area is 221 Å². The van der Waals surface area contributed by atoms with Crippen LogP contribution in [0.3, 0.4) is 0 Å². The summed E-state index contributed by atoms with van der Waals surface area (Å²) >= 11 is 0. The molecule has 1 aliphatic heterocycles. The maximum atomic E-state index is 6.63. The zero-order chi connectivity index (χ0) is 25.1. The second-order valence-electron chi connectivity index (χ2n) is 9.95. The van der Waals surface area contributed by atoms with Crippen molar-refractivity contribution >= 4 is 0 Å². The number of hydrogen-bond donors (Lipinski definition) is 0. The van der Waals surface area contributed by atoms with Crippen LogP contribution in [0.1, 0.15) is 22.3 Å². The first-order valence-electron chi connectivity index (χ1n) is 13.0. The van der Waals surface area contributed by atoms with Gasteiger partial charge in [0.25, 0.3) is 0 Å². The molecule has 6 aromatic rings. The van der Waals surface area contributed by atoms with Gasteiger partial charge < -0.3 is 4.74 Å². The van der Waals surface area contributed by atoms with Crippen LogP contribution in [0.5, 0.6) is 11.5 Å². The smallest absolute Gasteiger partial charge is 0.132 e. The van der Waals surface area contributed by atoms with Crippen molar-refractivity contribution in [2.24, 2.45) is 0 Å². The van der Waals surface area contributed by atoms with Crippen LogP contribution in [-0.2, 0) is 5.41 Å². The first-order valence-corrected chi connectivity index (χ1v) is 13.0. The van der Waals surface area contributed by atoms with Crippen molar-refractivity contribution in [1.29, 1.82) is 0 Å². The first-order chi connectivity index (χ1) is 18.8. The van der Waals surface area contributed by atoms with Gasteiger partial charge in [-0.3, -0.25) is 4.98 Å². The SMILES string of the molecule is c1ccc(-c2ccc(-c3ccc4c(c3)Oc3ccccc3C43c4ccccc4-c4ccccc43)cn2)cc1. The minimum atomic E-state index is -0.425. The fourth-order valence-corrected chi connectivity index (χ4v) is 6.38. The van der Waals surface area contributed by atoms with Gasteiger partial charge in [0.05, 0.1) is 11.1 Å². The molecule has 2 nitrogen and oxygen atoms in total. The van der Waals surface area contributed by atoms with Crippen molar-refractivity contribution in [1.82, 2.24) is 4.98 Å². The third kappa shape index (κ3) is 2.86. The van der Waals surface area contributed by atoms with E-state index in [1.807, 2.05) is 24.4 Å². The number of rotatable bonds is 2. The number of hydrogen-bond acceptors (Lipinski definition) is 2. The van der Waals surface area contributed by atoms with Crippen molar-refractivity contribution < 1.29 is 4.74 Å². The van der Waals surface area contributed by atoms with Gasteiger partial charge in [0.2, 0.25) is 0 Å². The molecule has 5 aromatic carbocycles. The van der Waals surface area contributed by atoms with E-state index in [-0.39, 0.29) is 0 Å². The normalized spacial score (nSPS) is 13.7. The van der Waals surface area contributed by atoms with Gasteiger partial charge in [-0.05, 0) is 46.0 Å². The Morgan fingerprint density at radius 3 is 1.76 bits per heavy atom. The Morgan fingerprint density at radius 1 is 0.447 bits per heavy atom. The zero-order valence-corrected chi connectivity index (χ0v) is 20.6. The fraction of sp³-hybridized carbons (Fsp3) is 0.0278. The minimum Gasteiger partial charge on any atom is -0.457 e. The molecule has 0 radical (unpaired) electrons. The molecule has 2 heteroatoms. The summed E-state index contributed by atoms with van der Waals surface area (Å²) in [6.45, 7) is 0. The summed E-state index contributed by atoms with van der Waals surface area (Å²) in [5, 5.41) is 0. The lowest BCUT2D eigenvalue weighted by Crippen LogP contribution is -2.32. The second-order valence-corrected chi connectivity index (χ2v) is 9.95. The van der Waals surface area contributed by atoms with Gasteiger partial charge in [-0.2, -0.15) is 0 Å². The molecule has 0 atom stereocenters. The van der Waals surface area contributed by atoms with Gasteiger partial charge in [0.1, 0.15) is 11.5 Å². The van der Waals surface area contributed by atoms with Crippen molar-refractivity contribution in [3.05, 3.63) is 162 Å². The number of ether oxygens (including phenoxy) is 1. The summed E-state index contributed by atoms with van der Waals surface area (Å²) in [5.74, 6) is 1.79. The average Bonchev–Trinajstić information content (AvgIpc) is 3.29. The van der Waals surface area contributed by atoms with Crippen LogP contribution in [0.2, 0.25) is 0 Å². The lowest BCUT2D eigenvalue weighted by atomic mass is 9.66. The van der Waals surface area contributed by atoms with Gasteiger partial charge in [0, 0.05) is 28.5 Å². The topological polar surface area (TPSA) is 22.1 Å². The molecule has 1 spiro atoms. The highest BCUT2D eigenvalue weighted by atomic mass is 16.5. The van der Waals surface area contributed by atoms with Gasteiger partial charge in [-0.15, -0.1) is 0 Å². The van der Waals surface area contributed by atoms with Crippen molar-refractivity contribution in [3.8, 4) is 45.0 Å². The van der Waals surface area contributed by atoms with Crippen LogP contribution in [0.25, 0.3) is 33.5 Å². The predicted octanol–water partition coefficient (Wildman–Crippen LogP) is 8.88. The Kier molecular flexibility index (Phi) is 4.47. The third-order valence-corrected chi connectivity index (χ3v) is 8.02. The summed E-state index contributed by atoms with van der Waals surface area (Å²) in [6.07, 6.45) is 1.96. The van der Waals surface area contributed by atoms with Crippen molar-refractivity contribution in [2.75, 3.05) is 0 Å². The highest BCUT2D eigenvalue weighted by Gasteiger charge is 2.50. The van der Waals surface area contributed by atoms with E-state index in [1.54, 1.807) is 0 Å². The Morgan fingerprint density at radius 2 is 1.05 bits per heavy atom. The summed E-state index contributed by atoms with van der Waals surface area (Å²) in [7, 11) is 0.